The third-order valence-corrected chi connectivity index (χ3v) is 4.52. The normalized spacial score (nSPS) is 12.9. The molecule has 0 bridgehead atoms. The van der Waals surface area contributed by atoms with Crippen LogP contribution in [-0.2, 0) is 25.0 Å². The van der Waals surface area contributed by atoms with Crippen LogP contribution in [0.15, 0.2) is 12.8 Å². The molecule has 0 aromatic heterocycles. The van der Waals surface area contributed by atoms with Crippen molar-refractivity contribution in [1.82, 2.24) is 8.43 Å². The van der Waals surface area contributed by atoms with E-state index in [-0.39, 0.29) is 4.31 Å². The van der Waals surface area contributed by atoms with Gasteiger partial charge < -0.3 is 4.74 Å². The number of nitrogens with one attached hydrogen (secondary N) is 1. The van der Waals surface area contributed by atoms with Crippen LogP contribution in [0.3, 0.4) is 0 Å². The second-order valence-electron chi connectivity index (χ2n) is 2.56. The number of sulfonamides is 1. The molecular weight excluding hydrogens is 305 g/mol. The summed E-state index contributed by atoms with van der Waals surface area (Å²) in [5, 5.41) is 0. The molecule has 1 N–H and O–H groups in total. The van der Waals surface area contributed by atoms with Gasteiger partial charge >= 0.3 is 31.8 Å². The summed E-state index contributed by atoms with van der Waals surface area (Å²) in [5.74, 6) is 0. The molecular formula is C5H7F3N2O6S2. The first-order valence-corrected chi connectivity index (χ1v) is 6.67. The van der Waals surface area contributed by atoms with Crippen molar-refractivity contribution in [3.05, 3.63) is 12.8 Å². The number of carbonyl (C=O) groups excluding carboxylic acids is 1. The molecule has 0 atom stereocenters. The van der Waals surface area contributed by atoms with Gasteiger partial charge in [0.1, 0.15) is 0 Å². The van der Waals surface area contributed by atoms with Gasteiger partial charge in [0, 0.05) is 7.05 Å². The zero-order chi connectivity index (χ0) is 14.8. The maximum atomic E-state index is 11.9. The van der Waals surface area contributed by atoms with Crippen molar-refractivity contribution >= 4 is 26.3 Å². The van der Waals surface area contributed by atoms with Crippen LogP contribution in [0.1, 0.15) is 0 Å². The van der Waals surface area contributed by atoms with E-state index >= 15 is 0 Å². The maximum absolute atomic E-state index is 11.9. The Morgan fingerprint density at radius 2 is 1.78 bits per heavy atom. The molecule has 0 aromatic carbocycles. The fraction of sp³-hybridized carbons (Fsp3) is 0.400. The zero-order valence-corrected chi connectivity index (χ0v) is 10.3. The van der Waals surface area contributed by atoms with Gasteiger partial charge in [-0.05, 0) is 0 Å². The Morgan fingerprint density at radius 1 is 1.33 bits per heavy atom. The molecule has 0 aliphatic carbocycles. The van der Waals surface area contributed by atoms with Gasteiger partial charge in [-0.3, -0.25) is 0 Å². The van der Waals surface area contributed by atoms with Crippen LogP contribution in [0.5, 0.6) is 0 Å². The predicted octanol–water partition coefficient (Wildman–Crippen LogP) is -0.118. The average Bonchev–Trinajstić information content (AvgIpc) is 2.13. The van der Waals surface area contributed by atoms with Crippen LogP contribution in [0.25, 0.3) is 0 Å². The Kier molecular flexibility index (Phi) is 4.73. The van der Waals surface area contributed by atoms with E-state index in [1.165, 1.54) is 0 Å². The van der Waals surface area contributed by atoms with Crippen molar-refractivity contribution in [3.8, 4) is 0 Å². The van der Waals surface area contributed by atoms with Crippen LogP contribution in [0.4, 0.5) is 18.0 Å². The smallest absolute Gasteiger partial charge is 0.418 e. The highest BCUT2D eigenvalue weighted by atomic mass is 32.3. The quantitative estimate of drug-likeness (QED) is 0.725. The molecule has 0 saturated heterocycles. The summed E-state index contributed by atoms with van der Waals surface area (Å²) in [6.07, 6.45) is -1.14. The number of amides is 1. The first-order valence-electron chi connectivity index (χ1n) is 3.75. The monoisotopic (exact) mass is 312 g/mol. The summed E-state index contributed by atoms with van der Waals surface area (Å²) in [6, 6.07) is 0. The first-order chi connectivity index (χ1) is 7.85. The molecule has 0 heterocycles. The summed E-state index contributed by atoms with van der Waals surface area (Å²) in [4.78, 5) is 10.9. The molecule has 18 heavy (non-hydrogen) atoms. The van der Waals surface area contributed by atoms with Crippen LogP contribution in [-0.4, -0.2) is 39.8 Å². The van der Waals surface area contributed by atoms with Gasteiger partial charge in [0.15, 0.2) is 0 Å². The minimum atomic E-state index is -6.16. The van der Waals surface area contributed by atoms with E-state index in [1.807, 2.05) is 0 Å². The van der Waals surface area contributed by atoms with E-state index in [0.717, 1.165) is 0 Å². The highest BCUT2D eigenvalue weighted by molar-refractivity contribution is 8.04. The number of hydrogen-bond acceptors (Lipinski definition) is 6. The number of alkyl halides is 3. The van der Waals surface area contributed by atoms with Crippen LogP contribution < -0.4 is 4.13 Å². The van der Waals surface area contributed by atoms with Gasteiger partial charge in [-0.15, -0.1) is 0 Å². The van der Waals surface area contributed by atoms with Crippen molar-refractivity contribution in [2.75, 3.05) is 7.05 Å². The Morgan fingerprint density at radius 3 is 2.11 bits per heavy atom. The van der Waals surface area contributed by atoms with E-state index in [2.05, 4.69) is 11.3 Å². The lowest BCUT2D eigenvalue weighted by molar-refractivity contribution is -0.0441. The molecule has 0 aliphatic rings. The van der Waals surface area contributed by atoms with E-state index in [1.54, 1.807) is 0 Å². The van der Waals surface area contributed by atoms with E-state index in [0.29, 0.717) is 17.4 Å². The van der Waals surface area contributed by atoms with Gasteiger partial charge in [-0.1, -0.05) is 10.7 Å². The van der Waals surface area contributed by atoms with E-state index in [9.17, 15) is 34.8 Å². The van der Waals surface area contributed by atoms with E-state index in [4.69, 9.17) is 0 Å². The maximum Gasteiger partial charge on any atom is 0.512 e. The Bertz CT molecular complexity index is 536. The third-order valence-electron chi connectivity index (χ3n) is 1.32. The zero-order valence-electron chi connectivity index (χ0n) is 8.63. The van der Waals surface area contributed by atoms with Crippen molar-refractivity contribution in [1.29, 1.82) is 0 Å². The summed E-state index contributed by atoms with van der Waals surface area (Å²) < 4.78 is 82.9. The summed E-state index contributed by atoms with van der Waals surface area (Å²) >= 11 is 0. The van der Waals surface area contributed by atoms with Crippen LogP contribution in [0.2, 0.25) is 0 Å². The molecule has 8 nitrogen and oxygen atoms in total. The fourth-order valence-electron chi connectivity index (χ4n) is 0.485. The lowest BCUT2D eigenvalue weighted by atomic mass is 11.0. The third kappa shape index (κ3) is 3.85. The number of rotatable bonds is 4. The van der Waals surface area contributed by atoms with Gasteiger partial charge in [0.25, 0.3) is 0 Å². The lowest BCUT2D eigenvalue weighted by Crippen LogP contribution is -2.48. The number of halogens is 3. The summed E-state index contributed by atoms with van der Waals surface area (Å²) in [7, 11) is -10.9. The topological polar surface area (TPSA) is 110 Å². The number of nitrogens with zero attached hydrogens (tertiary/aromatic N) is 1. The van der Waals surface area contributed by atoms with Gasteiger partial charge in [0.05, 0.1) is 6.26 Å². The van der Waals surface area contributed by atoms with Crippen molar-refractivity contribution < 1.29 is 39.5 Å². The molecule has 1 amide bonds. The first kappa shape index (κ1) is 16.7. The largest absolute Gasteiger partial charge is 0.512 e. The van der Waals surface area contributed by atoms with Gasteiger partial charge in [-0.2, -0.15) is 25.9 Å². The molecule has 13 heteroatoms. The van der Waals surface area contributed by atoms with Gasteiger partial charge in [0.2, 0.25) is 0 Å². The lowest BCUT2D eigenvalue weighted by Gasteiger charge is -2.17. The number of ether oxygens (including phenoxy) is 1. The second-order valence-corrected chi connectivity index (χ2v) is 6.19. The number of hydrogen-bond donors (Lipinski definition) is 1. The minimum Gasteiger partial charge on any atom is -0.418 e. The second kappa shape index (κ2) is 5.11. The van der Waals surface area contributed by atoms with E-state index < -0.39 is 31.8 Å². The summed E-state index contributed by atoms with van der Waals surface area (Å²) in [6.45, 7) is 2.90. The van der Waals surface area contributed by atoms with Crippen LogP contribution in [0, 0.1) is 0 Å². The summed E-state index contributed by atoms with van der Waals surface area (Å²) in [5.41, 5.74) is -5.84. The van der Waals surface area contributed by atoms with Gasteiger partial charge in [-0.25, -0.2) is 13.2 Å². The molecule has 0 spiro atoms. The number of carbonyl (C=O) groups is 1. The Balaban J connectivity index is 5.23. The van der Waals surface area contributed by atoms with Crippen molar-refractivity contribution in [2.24, 2.45) is 0 Å². The highest BCUT2D eigenvalue weighted by Crippen LogP contribution is 2.22. The molecule has 0 saturated carbocycles. The molecule has 0 aromatic rings. The average molecular weight is 312 g/mol. The molecule has 0 aliphatic heterocycles. The standard InChI is InChI=1S/C5H7F3N2O6S2/c1-3-16-4(11)10(2)18(14,15)9-17(12,13)5(6,7)8/h3,9H,1H2,2H3. The molecule has 106 valence electrons. The predicted molar refractivity (Wildman–Crippen MR) is 51.5 cm³/mol. The molecule has 0 rings (SSSR count). The Labute approximate surface area is 100 Å². The fourth-order valence-corrected chi connectivity index (χ4v) is 2.66. The highest BCUT2D eigenvalue weighted by Gasteiger charge is 2.49. The SMILES string of the molecule is C=COC(=O)N(C)S(=O)(=O)NS(=O)(=O)C(F)(F)F. The van der Waals surface area contributed by atoms with Crippen molar-refractivity contribution in [2.45, 2.75) is 5.51 Å². The van der Waals surface area contributed by atoms with Crippen molar-refractivity contribution in [3.63, 3.8) is 0 Å². The molecule has 0 fully saturated rings. The van der Waals surface area contributed by atoms with Crippen LogP contribution >= 0.6 is 0 Å². The molecule has 0 radical (unpaired) electrons. The molecule has 0 unspecified atom stereocenters. The minimum absolute atomic E-state index is 0.322. The Hall–Kier alpha value is -1.34.